The second-order valence-corrected chi connectivity index (χ2v) is 6.20. The van der Waals surface area contributed by atoms with Crippen molar-refractivity contribution < 1.29 is 5.11 Å². The minimum Gasteiger partial charge on any atom is -0.507 e. The largest absolute Gasteiger partial charge is 0.507 e. The number of halogens is 2. The number of aromatic hydroxyl groups is 1. The number of aromatic nitrogens is 2. The van der Waals surface area contributed by atoms with Crippen molar-refractivity contribution in [3.63, 3.8) is 0 Å². The lowest BCUT2D eigenvalue weighted by Gasteiger charge is -2.01. The fraction of sp³-hybridized carbons (Fsp3) is 0.0714. The van der Waals surface area contributed by atoms with Gasteiger partial charge in [-0.15, -0.1) is 0 Å². The number of phenolic OH excluding ortho intramolecular Hbond substituents is 1. The minimum atomic E-state index is 0.207. The molecular weight excluding hydrogens is 372 g/mol. The van der Waals surface area contributed by atoms with Gasteiger partial charge in [0.2, 0.25) is 0 Å². The zero-order valence-corrected chi connectivity index (χ0v) is 13.2. The quantitative estimate of drug-likeness (QED) is 0.637. The summed E-state index contributed by atoms with van der Waals surface area (Å²) >= 11 is 6.87. The molecule has 19 heavy (non-hydrogen) atoms. The summed E-state index contributed by atoms with van der Waals surface area (Å²) in [5, 5.41) is 9.95. The highest BCUT2D eigenvalue weighted by atomic mass is 79.9. The first-order valence-corrected chi connectivity index (χ1v) is 7.28. The molecule has 2 N–H and O–H groups in total. The lowest BCUT2D eigenvalue weighted by atomic mass is 10.2. The van der Waals surface area contributed by atoms with Gasteiger partial charge in [-0.2, -0.15) is 0 Å². The number of nitrogens with one attached hydrogen (secondary N) is 1. The van der Waals surface area contributed by atoms with Gasteiger partial charge in [-0.25, -0.2) is 4.98 Å². The second kappa shape index (κ2) is 4.65. The third-order valence-electron chi connectivity index (χ3n) is 2.96. The number of rotatable bonds is 1. The molecule has 5 heteroatoms. The van der Waals surface area contributed by atoms with Crippen molar-refractivity contribution in [1.29, 1.82) is 0 Å². The molecule has 0 spiro atoms. The van der Waals surface area contributed by atoms with Gasteiger partial charge in [0.15, 0.2) is 0 Å². The van der Waals surface area contributed by atoms with Crippen LogP contribution in [0.3, 0.4) is 0 Å². The molecule has 0 amide bonds. The molecule has 96 valence electrons. The van der Waals surface area contributed by atoms with E-state index in [4.69, 9.17) is 0 Å². The molecule has 1 heterocycles. The van der Waals surface area contributed by atoms with E-state index in [-0.39, 0.29) is 5.75 Å². The van der Waals surface area contributed by atoms with E-state index in [2.05, 4.69) is 41.8 Å². The number of imidazole rings is 1. The molecule has 0 aliphatic rings. The predicted octanol–water partition coefficient (Wildman–Crippen LogP) is 4.77. The average molecular weight is 382 g/mol. The van der Waals surface area contributed by atoms with E-state index >= 15 is 0 Å². The van der Waals surface area contributed by atoms with Crippen molar-refractivity contribution in [2.45, 2.75) is 6.92 Å². The highest BCUT2D eigenvalue weighted by molar-refractivity contribution is 9.10. The number of nitrogens with zero attached hydrogens (tertiary/aromatic N) is 1. The first kappa shape index (κ1) is 12.7. The van der Waals surface area contributed by atoms with Crippen molar-refractivity contribution in [3.8, 4) is 17.1 Å². The van der Waals surface area contributed by atoms with Crippen LogP contribution in [0.4, 0.5) is 0 Å². The van der Waals surface area contributed by atoms with Gasteiger partial charge in [-0.1, -0.05) is 31.9 Å². The third-order valence-corrected chi connectivity index (χ3v) is 3.91. The topological polar surface area (TPSA) is 48.9 Å². The molecule has 1 aromatic heterocycles. The Morgan fingerprint density at radius 3 is 2.68 bits per heavy atom. The van der Waals surface area contributed by atoms with Crippen molar-refractivity contribution in [3.05, 3.63) is 44.8 Å². The summed E-state index contributed by atoms with van der Waals surface area (Å²) in [5.41, 5.74) is 3.63. The second-order valence-electron chi connectivity index (χ2n) is 4.37. The van der Waals surface area contributed by atoms with Crippen molar-refractivity contribution in [2.24, 2.45) is 0 Å². The van der Waals surface area contributed by atoms with Gasteiger partial charge in [-0.05, 0) is 42.8 Å². The molecule has 0 unspecified atom stereocenters. The number of benzene rings is 2. The van der Waals surface area contributed by atoms with E-state index in [0.29, 0.717) is 11.4 Å². The Kier molecular flexibility index (Phi) is 3.11. The Labute approximate surface area is 126 Å². The monoisotopic (exact) mass is 380 g/mol. The van der Waals surface area contributed by atoms with Crippen LogP contribution in [0.1, 0.15) is 5.56 Å². The van der Waals surface area contributed by atoms with E-state index in [0.717, 1.165) is 25.5 Å². The summed E-state index contributed by atoms with van der Waals surface area (Å²) in [6.45, 7) is 2.01. The molecule has 3 rings (SSSR count). The van der Waals surface area contributed by atoms with Gasteiger partial charge >= 0.3 is 0 Å². The molecule has 0 aliphatic heterocycles. The van der Waals surface area contributed by atoms with Crippen LogP contribution in [0.25, 0.3) is 22.4 Å². The van der Waals surface area contributed by atoms with Crippen LogP contribution >= 0.6 is 31.9 Å². The Hall–Kier alpha value is -1.33. The molecule has 0 saturated carbocycles. The molecule has 3 aromatic rings. The van der Waals surface area contributed by atoms with E-state index in [1.54, 1.807) is 12.1 Å². The number of aryl methyl sites for hydroxylation is 1. The van der Waals surface area contributed by atoms with E-state index < -0.39 is 0 Å². The molecule has 0 atom stereocenters. The normalized spacial score (nSPS) is 11.1. The first-order chi connectivity index (χ1) is 9.04. The van der Waals surface area contributed by atoms with E-state index in [1.807, 2.05) is 25.1 Å². The molecule has 0 saturated heterocycles. The van der Waals surface area contributed by atoms with Crippen LogP contribution in [0.15, 0.2) is 39.3 Å². The summed E-state index contributed by atoms with van der Waals surface area (Å²) in [4.78, 5) is 7.81. The number of hydrogen-bond donors (Lipinski definition) is 2. The molecule has 0 bridgehead atoms. The molecule has 2 aromatic carbocycles. The highest BCUT2D eigenvalue weighted by Gasteiger charge is 2.11. The maximum atomic E-state index is 9.95. The standard InChI is InChI=1S/C14H10Br2N2O/c1-7-4-9(16)6-11-13(7)18-14(17-11)10-5-8(15)2-3-12(10)19/h2-6,19H,1H3,(H,17,18). The Morgan fingerprint density at radius 2 is 1.89 bits per heavy atom. The molecule has 0 aliphatic carbocycles. The summed E-state index contributed by atoms with van der Waals surface area (Å²) in [5.74, 6) is 0.869. The first-order valence-electron chi connectivity index (χ1n) is 5.69. The van der Waals surface area contributed by atoms with Gasteiger partial charge in [0.05, 0.1) is 16.6 Å². The van der Waals surface area contributed by atoms with Gasteiger partial charge in [0.25, 0.3) is 0 Å². The Morgan fingerprint density at radius 1 is 1.11 bits per heavy atom. The fourth-order valence-electron chi connectivity index (χ4n) is 2.07. The molecule has 0 radical (unpaired) electrons. The maximum absolute atomic E-state index is 9.95. The van der Waals surface area contributed by atoms with Crippen LogP contribution in [0, 0.1) is 6.92 Å². The maximum Gasteiger partial charge on any atom is 0.142 e. The van der Waals surface area contributed by atoms with E-state index in [9.17, 15) is 5.11 Å². The van der Waals surface area contributed by atoms with Crippen LogP contribution < -0.4 is 0 Å². The van der Waals surface area contributed by atoms with Gasteiger partial charge in [0, 0.05) is 8.95 Å². The number of hydrogen-bond acceptors (Lipinski definition) is 2. The number of H-pyrrole nitrogens is 1. The smallest absolute Gasteiger partial charge is 0.142 e. The number of fused-ring (bicyclic) bond motifs is 1. The summed E-state index contributed by atoms with van der Waals surface area (Å²) in [6.07, 6.45) is 0. The van der Waals surface area contributed by atoms with Crippen LogP contribution in [-0.2, 0) is 0 Å². The lowest BCUT2D eigenvalue weighted by Crippen LogP contribution is -1.82. The molecular formula is C14H10Br2N2O. The zero-order valence-electron chi connectivity index (χ0n) is 10.0. The summed E-state index contributed by atoms with van der Waals surface area (Å²) < 4.78 is 1.91. The van der Waals surface area contributed by atoms with E-state index in [1.165, 1.54) is 0 Å². The van der Waals surface area contributed by atoms with Gasteiger partial charge in [-0.3, -0.25) is 0 Å². The number of phenols is 1. The lowest BCUT2D eigenvalue weighted by molar-refractivity contribution is 0.477. The van der Waals surface area contributed by atoms with Gasteiger partial charge in [0.1, 0.15) is 11.6 Å². The van der Waals surface area contributed by atoms with Gasteiger partial charge < -0.3 is 10.1 Å². The van der Waals surface area contributed by atoms with Crippen LogP contribution in [-0.4, -0.2) is 15.1 Å². The molecule has 0 fully saturated rings. The number of aromatic amines is 1. The van der Waals surface area contributed by atoms with Crippen molar-refractivity contribution in [2.75, 3.05) is 0 Å². The summed E-state index contributed by atoms with van der Waals surface area (Å²) in [7, 11) is 0. The predicted molar refractivity (Wildman–Crippen MR) is 83.3 cm³/mol. The average Bonchev–Trinajstić information content (AvgIpc) is 2.76. The van der Waals surface area contributed by atoms with Crippen molar-refractivity contribution in [1.82, 2.24) is 9.97 Å². The van der Waals surface area contributed by atoms with Crippen molar-refractivity contribution >= 4 is 42.9 Å². The molecule has 3 nitrogen and oxygen atoms in total. The van der Waals surface area contributed by atoms with Crippen LogP contribution in [0.2, 0.25) is 0 Å². The SMILES string of the molecule is Cc1cc(Br)cc2[nH]c(-c3cc(Br)ccc3O)nc12. The third kappa shape index (κ3) is 2.28. The summed E-state index contributed by atoms with van der Waals surface area (Å²) in [6, 6.07) is 9.29. The van der Waals surface area contributed by atoms with Crippen LogP contribution in [0.5, 0.6) is 5.75 Å². The minimum absolute atomic E-state index is 0.207. The highest BCUT2D eigenvalue weighted by Crippen LogP contribution is 2.32. The fourth-order valence-corrected chi connectivity index (χ4v) is 3.01. The zero-order chi connectivity index (χ0) is 13.6. The Bertz CT molecular complexity index is 780. The Balaban J connectivity index is 2.26.